The molecule has 2 nitrogen and oxygen atoms in total. The van der Waals surface area contributed by atoms with E-state index in [1.807, 2.05) is 0 Å². The highest BCUT2D eigenvalue weighted by Crippen LogP contribution is 2.54. The van der Waals surface area contributed by atoms with Crippen molar-refractivity contribution in [1.29, 1.82) is 0 Å². The smallest absolute Gasteiger partial charge is 0.0465 e. The van der Waals surface area contributed by atoms with Gasteiger partial charge in [-0.25, -0.2) is 0 Å². The van der Waals surface area contributed by atoms with Gasteiger partial charge in [0.15, 0.2) is 0 Å². The van der Waals surface area contributed by atoms with Crippen LogP contribution in [0.4, 0.5) is 34.1 Å². The molecule has 0 saturated carbocycles. The molecular weight excluding hydrogens is 857 g/mol. The maximum atomic E-state index is 2.47. The van der Waals surface area contributed by atoms with Gasteiger partial charge in [-0.1, -0.05) is 149 Å². The van der Waals surface area contributed by atoms with Crippen molar-refractivity contribution in [2.24, 2.45) is 0 Å². The molecular formula is C69H56N2. The molecule has 10 aromatic carbocycles. The van der Waals surface area contributed by atoms with Gasteiger partial charge in [0, 0.05) is 51.4 Å². The first-order chi connectivity index (χ1) is 34.6. The average Bonchev–Trinajstić information content (AvgIpc) is 3.93. The van der Waals surface area contributed by atoms with Crippen LogP contribution in [0.3, 0.4) is 0 Å². The fourth-order valence-electron chi connectivity index (χ4n) is 12.3. The molecule has 0 N–H and O–H groups in total. The third kappa shape index (κ3) is 6.99. The van der Waals surface area contributed by atoms with Crippen LogP contribution in [0.15, 0.2) is 218 Å². The van der Waals surface area contributed by atoms with Crippen LogP contribution in [-0.4, -0.2) is 0 Å². The van der Waals surface area contributed by atoms with Gasteiger partial charge in [-0.15, -0.1) is 0 Å². The van der Waals surface area contributed by atoms with E-state index in [1.165, 1.54) is 123 Å². The summed E-state index contributed by atoms with van der Waals surface area (Å²) >= 11 is 0. The predicted molar refractivity (Wildman–Crippen MR) is 300 cm³/mol. The maximum Gasteiger partial charge on any atom is 0.0465 e. The zero-order valence-electron chi connectivity index (χ0n) is 41.3. The first-order valence-corrected chi connectivity index (χ1v) is 25.3. The first-order valence-electron chi connectivity index (χ1n) is 25.3. The first kappa shape index (κ1) is 42.9. The number of hydrogen-bond acceptors (Lipinski definition) is 2. The molecule has 0 heterocycles. The van der Waals surface area contributed by atoms with Crippen molar-refractivity contribution >= 4 is 34.1 Å². The number of anilines is 6. The summed E-state index contributed by atoms with van der Waals surface area (Å²) in [6.07, 6.45) is 0. The minimum Gasteiger partial charge on any atom is -0.310 e. The Morgan fingerprint density at radius 3 is 1.08 bits per heavy atom. The van der Waals surface area contributed by atoms with E-state index in [9.17, 15) is 0 Å². The second-order valence-corrected chi connectivity index (χ2v) is 20.8. The minimum absolute atomic E-state index is 0.172. The van der Waals surface area contributed by atoms with Gasteiger partial charge in [0.2, 0.25) is 0 Å². The number of fused-ring (bicyclic) bond motifs is 9. The number of hydrogen-bond donors (Lipinski definition) is 0. The number of aryl methyl sites for hydroxylation is 2. The van der Waals surface area contributed by atoms with Gasteiger partial charge in [-0.05, 0) is 211 Å². The van der Waals surface area contributed by atoms with Crippen molar-refractivity contribution in [2.45, 2.75) is 58.8 Å². The van der Waals surface area contributed by atoms with Gasteiger partial charge in [0.05, 0.1) is 0 Å². The van der Waals surface area contributed by atoms with E-state index in [0.29, 0.717) is 0 Å². The molecule has 3 aliphatic carbocycles. The third-order valence-electron chi connectivity index (χ3n) is 16.0. The van der Waals surface area contributed by atoms with Gasteiger partial charge < -0.3 is 9.80 Å². The lowest BCUT2D eigenvalue weighted by atomic mass is 9.81. The summed E-state index contributed by atoms with van der Waals surface area (Å²) in [5.41, 5.74) is 30.8. The zero-order valence-corrected chi connectivity index (χ0v) is 41.3. The molecule has 0 aromatic heterocycles. The van der Waals surface area contributed by atoms with Crippen LogP contribution in [0.5, 0.6) is 0 Å². The molecule has 71 heavy (non-hydrogen) atoms. The molecule has 0 fully saturated rings. The summed E-state index contributed by atoms with van der Waals surface area (Å²) in [7, 11) is 0. The van der Waals surface area contributed by atoms with Crippen LogP contribution in [0, 0.1) is 13.8 Å². The number of rotatable bonds is 8. The van der Waals surface area contributed by atoms with Crippen molar-refractivity contribution < 1.29 is 0 Å². The second-order valence-electron chi connectivity index (χ2n) is 20.8. The number of para-hydroxylation sites is 2. The van der Waals surface area contributed by atoms with Crippen molar-refractivity contribution in [3.05, 3.63) is 263 Å². The summed E-state index contributed by atoms with van der Waals surface area (Å²) in [4.78, 5) is 4.77. The zero-order chi connectivity index (χ0) is 48.1. The Labute approximate surface area is 419 Å². The van der Waals surface area contributed by atoms with E-state index in [2.05, 4.69) is 270 Å². The number of benzene rings is 10. The molecule has 2 unspecified atom stereocenters. The van der Waals surface area contributed by atoms with Crippen molar-refractivity contribution in [3.8, 4) is 55.6 Å². The van der Waals surface area contributed by atoms with Gasteiger partial charge >= 0.3 is 0 Å². The summed E-state index contributed by atoms with van der Waals surface area (Å²) < 4.78 is 0. The Balaban J connectivity index is 0.779. The Kier molecular flexibility index (Phi) is 9.94. The average molecular weight is 913 g/mol. The summed E-state index contributed by atoms with van der Waals surface area (Å²) in [6, 6.07) is 81.9. The SMILES string of the molecule is Cc1cccc(N(c2ccccc2)c2ccc3c(c2)C(C)c2cc(-c4ccc5c(c4)C(C)c4cc(-c6ccc7c(c6)C(C)(C)c6cc(N(c8ccccc8)c8cccc(C)c8)ccc6-7)ccc4-5)ccc2-3)c1. The Hall–Kier alpha value is -8.20. The highest BCUT2D eigenvalue weighted by Gasteiger charge is 2.37. The summed E-state index contributed by atoms with van der Waals surface area (Å²) in [6.45, 7) is 13.9. The standard InChI is InChI=1S/C69H56N2/c1-43-15-13-21-53(35-43)70(51-17-9-7-10-18-51)55-27-33-60-59-30-24-48(38-65(59)46(4)66(60)41-55)47-23-29-57-58-31-25-49(39-64(58)45(3)63(57)37-47)50-26-32-61-62-34-28-56(42-68(62)69(5,6)67(61)40-50)71(52-19-11-8-12-20-52)54-22-14-16-44(2)36-54/h7-42,45-46H,1-6H3. The lowest BCUT2D eigenvalue weighted by Gasteiger charge is -2.28. The van der Waals surface area contributed by atoms with E-state index < -0.39 is 0 Å². The lowest BCUT2D eigenvalue weighted by Crippen LogP contribution is -2.16. The fourth-order valence-corrected chi connectivity index (χ4v) is 12.3. The van der Waals surface area contributed by atoms with E-state index in [4.69, 9.17) is 0 Å². The highest BCUT2D eigenvalue weighted by atomic mass is 15.1. The van der Waals surface area contributed by atoms with Crippen molar-refractivity contribution in [3.63, 3.8) is 0 Å². The largest absolute Gasteiger partial charge is 0.310 e. The fraction of sp³-hybridized carbons (Fsp3) is 0.130. The summed E-state index contributed by atoms with van der Waals surface area (Å²) in [5.74, 6) is 0.558. The van der Waals surface area contributed by atoms with Crippen LogP contribution in [-0.2, 0) is 5.41 Å². The van der Waals surface area contributed by atoms with Crippen molar-refractivity contribution in [1.82, 2.24) is 0 Å². The van der Waals surface area contributed by atoms with Gasteiger partial charge in [-0.3, -0.25) is 0 Å². The number of nitrogens with zero attached hydrogens (tertiary/aromatic N) is 2. The van der Waals surface area contributed by atoms with Crippen molar-refractivity contribution in [2.75, 3.05) is 9.80 Å². The molecule has 0 amide bonds. The molecule has 3 aliphatic rings. The van der Waals surface area contributed by atoms with Crippen LogP contribution in [0.2, 0.25) is 0 Å². The normalized spacial score (nSPS) is 15.3. The van der Waals surface area contributed by atoms with Crippen LogP contribution in [0.1, 0.15) is 84.0 Å². The molecule has 2 heteroatoms. The molecule has 0 aliphatic heterocycles. The molecule has 13 rings (SSSR count). The van der Waals surface area contributed by atoms with E-state index in [-0.39, 0.29) is 17.3 Å². The molecule has 0 radical (unpaired) electrons. The van der Waals surface area contributed by atoms with Crippen LogP contribution in [0.25, 0.3) is 55.6 Å². The monoisotopic (exact) mass is 912 g/mol. The highest BCUT2D eigenvalue weighted by molar-refractivity contribution is 5.90. The van der Waals surface area contributed by atoms with Crippen LogP contribution >= 0.6 is 0 Å². The maximum absolute atomic E-state index is 2.47. The quantitative estimate of drug-likeness (QED) is 0.150. The van der Waals surface area contributed by atoms with Gasteiger partial charge in [0.1, 0.15) is 0 Å². The van der Waals surface area contributed by atoms with Gasteiger partial charge in [0.25, 0.3) is 0 Å². The molecule has 0 saturated heterocycles. The third-order valence-corrected chi connectivity index (χ3v) is 16.0. The molecule has 0 spiro atoms. The van der Waals surface area contributed by atoms with E-state index in [1.54, 1.807) is 0 Å². The predicted octanol–water partition coefficient (Wildman–Crippen LogP) is 19.1. The minimum atomic E-state index is -0.172. The molecule has 342 valence electrons. The topological polar surface area (TPSA) is 6.48 Å². The lowest BCUT2D eigenvalue weighted by molar-refractivity contribution is 0.660. The van der Waals surface area contributed by atoms with E-state index >= 15 is 0 Å². The Morgan fingerprint density at radius 2 is 0.634 bits per heavy atom. The summed E-state index contributed by atoms with van der Waals surface area (Å²) in [5, 5.41) is 0. The Morgan fingerprint density at radius 1 is 0.296 bits per heavy atom. The molecule has 2 atom stereocenters. The molecule has 10 aromatic rings. The van der Waals surface area contributed by atoms with Gasteiger partial charge in [-0.2, -0.15) is 0 Å². The van der Waals surface area contributed by atoms with Crippen LogP contribution < -0.4 is 9.80 Å². The second kappa shape index (κ2) is 16.5. The Bertz CT molecular complexity index is 3750. The molecule has 0 bridgehead atoms. The van der Waals surface area contributed by atoms with E-state index in [0.717, 1.165) is 11.4 Å².